The zero-order valence-corrected chi connectivity index (χ0v) is 12.4. The van der Waals surface area contributed by atoms with E-state index in [9.17, 15) is 4.79 Å². The molecule has 0 spiro atoms. The number of benzene rings is 1. The SMILES string of the molecule is CON=C(CNC(=O)c1cccs1)c1ccc(Cl)cc1. The van der Waals surface area contributed by atoms with Crippen LogP contribution in [-0.4, -0.2) is 25.3 Å². The maximum Gasteiger partial charge on any atom is 0.261 e. The minimum Gasteiger partial charge on any atom is -0.399 e. The predicted molar refractivity (Wildman–Crippen MR) is 81.7 cm³/mol. The molecule has 104 valence electrons. The number of hydrogen-bond donors (Lipinski definition) is 1. The molecule has 0 bridgehead atoms. The van der Waals surface area contributed by atoms with Gasteiger partial charge in [-0.1, -0.05) is 35.0 Å². The summed E-state index contributed by atoms with van der Waals surface area (Å²) < 4.78 is 0. The molecule has 2 aromatic rings. The van der Waals surface area contributed by atoms with Crippen LogP contribution in [-0.2, 0) is 4.84 Å². The Morgan fingerprint density at radius 2 is 2.10 bits per heavy atom. The summed E-state index contributed by atoms with van der Waals surface area (Å²) in [5.74, 6) is -0.127. The van der Waals surface area contributed by atoms with Gasteiger partial charge in [0.15, 0.2) is 0 Å². The molecule has 0 aliphatic rings. The van der Waals surface area contributed by atoms with Crippen molar-refractivity contribution in [2.75, 3.05) is 13.7 Å². The number of nitrogens with zero attached hydrogens (tertiary/aromatic N) is 1. The molecule has 1 N–H and O–H groups in total. The van der Waals surface area contributed by atoms with Crippen LogP contribution in [0.15, 0.2) is 46.9 Å². The number of hydrogen-bond acceptors (Lipinski definition) is 4. The summed E-state index contributed by atoms with van der Waals surface area (Å²) in [7, 11) is 1.47. The molecule has 0 aliphatic heterocycles. The number of halogens is 1. The average Bonchev–Trinajstić information content (AvgIpc) is 2.98. The van der Waals surface area contributed by atoms with Gasteiger partial charge in [0.2, 0.25) is 0 Å². The summed E-state index contributed by atoms with van der Waals surface area (Å²) >= 11 is 7.24. The Morgan fingerprint density at radius 1 is 1.35 bits per heavy atom. The van der Waals surface area contributed by atoms with Gasteiger partial charge in [-0.2, -0.15) is 0 Å². The third-order valence-corrected chi connectivity index (χ3v) is 3.66. The minimum absolute atomic E-state index is 0.127. The molecule has 2 rings (SSSR count). The molecule has 0 aliphatic carbocycles. The number of carbonyl (C=O) groups is 1. The molecule has 0 radical (unpaired) electrons. The third-order valence-electron chi connectivity index (χ3n) is 2.54. The van der Waals surface area contributed by atoms with Crippen molar-refractivity contribution in [1.82, 2.24) is 5.32 Å². The lowest BCUT2D eigenvalue weighted by molar-refractivity contribution is 0.0963. The van der Waals surface area contributed by atoms with Gasteiger partial charge >= 0.3 is 0 Å². The molecule has 0 atom stereocenters. The number of amides is 1. The van der Waals surface area contributed by atoms with Gasteiger partial charge in [-0.15, -0.1) is 11.3 Å². The number of rotatable bonds is 5. The molecular formula is C14H13ClN2O2S. The van der Waals surface area contributed by atoms with Crippen LogP contribution < -0.4 is 5.32 Å². The summed E-state index contributed by atoms with van der Waals surface area (Å²) in [6, 6.07) is 10.8. The van der Waals surface area contributed by atoms with Crippen molar-refractivity contribution < 1.29 is 9.63 Å². The second kappa shape index (κ2) is 7.07. The molecule has 20 heavy (non-hydrogen) atoms. The van der Waals surface area contributed by atoms with E-state index in [1.165, 1.54) is 18.4 Å². The van der Waals surface area contributed by atoms with E-state index in [2.05, 4.69) is 10.5 Å². The zero-order chi connectivity index (χ0) is 14.4. The van der Waals surface area contributed by atoms with Crippen LogP contribution in [0.1, 0.15) is 15.2 Å². The second-order valence-electron chi connectivity index (χ2n) is 3.89. The normalized spacial score (nSPS) is 11.2. The summed E-state index contributed by atoms with van der Waals surface area (Å²) in [5.41, 5.74) is 1.48. The Morgan fingerprint density at radius 3 is 2.70 bits per heavy atom. The van der Waals surface area contributed by atoms with Crippen molar-refractivity contribution >= 4 is 34.6 Å². The van der Waals surface area contributed by atoms with Crippen LogP contribution in [0.5, 0.6) is 0 Å². The van der Waals surface area contributed by atoms with Crippen molar-refractivity contribution in [1.29, 1.82) is 0 Å². The van der Waals surface area contributed by atoms with Crippen LogP contribution in [0.4, 0.5) is 0 Å². The smallest absolute Gasteiger partial charge is 0.261 e. The number of thiophene rings is 1. The number of nitrogens with one attached hydrogen (secondary N) is 1. The highest BCUT2D eigenvalue weighted by Gasteiger charge is 2.10. The van der Waals surface area contributed by atoms with Gasteiger partial charge in [0.25, 0.3) is 5.91 Å². The van der Waals surface area contributed by atoms with E-state index in [-0.39, 0.29) is 12.5 Å². The van der Waals surface area contributed by atoms with Crippen molar-refractivity contribution in [2.24, 2.45) is 5.16 Å². The van der Waals surface area contributed by atoms with Crippen LogP contribution in [0.3, 0.4) is 0 Å². The fourth-order valence-corrected chi connectivity index (χ4v) is 2.36. The minimum atomic E-state index is -0.127. The Labute approximate surface area is 126 Å². The Hall–Kier alpha value is -1.85. The number of carbonyl (C=O) groups excluding carboxylic acids is 1. The Bertz CT molecular complexity index is 594. The molecule has 0 saturated carbocycles. The average molecular weight is 309 g/mol. The van der Waals surface area contributed by atoms with Crippen molar-refractivity contribution in [3.05, 3.63) is 57.2 Å². The summed E-state index contributed by atoms with van der Waals surface area (Å²) in [6.07, 6.45) is 0. The first-order chi connectivity index (χ1) is 9.70. The largest absolute Gasteiger partial charge is 0.399 e. The summed E-state index contributed by atoms with van der Waals surface area (Å²) in [6.45, 7) is 0.284. The van der Waals surface area contributed by atoms with Gasteiger partial charge in [0, 0.05) is 10.6 Å². The van der Waals surface area contributed by atoms with Crippen molar-refractivity contribution in [2.45, 2.75) is 0 Å². The molecule has 1 heterocycles. The van der Waals surface area contributed by atoms with E-state index in [1.807, 2.05) is 23.6 Å². The van der Waals surface area contributed by atoms with Gasteiger partial charge in [-0.05, 0) is 23.6 Å². The topological polar surface area (TPSA) is 50.7 Å². The first-order valence-electron chi connectivity index (χ1n) is 5.88. The van der Waals surface area contributed by atoms with Crippen LogP contribution in [0.2, 0.25) is 5.02 Å². The lowest BCUT2D eigenvalue weighted by Gasteiger charge is -2.07. The molecule has 1 aromatic carbocycles. The molecule has 1 aromatic heterocycles. The standard InChI is InChI=1S/C14H13ClN2O2S/c1-19-17-12(10-4-6-11(15)7-5-10)9-16-14(18)13-3-2-8-20-13/h2-8H,9H2,1H3,(H,16,18). The molecule has 0 saturated heterocycles. The quantitative estimate of drug-likeness (QED) is 0.681. The van der Waals surface area contributed by atoms with E-state index in [0.29, 0.717) is 15.6 Å². The van der Waals surface area contributed by atoms with Gasteiger partial charge in [0.05, 0.1) is 11.4 Å². The van der Waals surface area contributed by atoms with Crippen LogP contribution in [0, 0.1) is 0 Å². The predicted octanol–water partition coefficient (Wildman–Crippen LogP) is 3.18. The molecule has 1 amide bonds. The summed E-state index contributed by atoms with van der Waals surface area (Å²) in [5, 5.41) is 9.26. The van der Waals surface area contributed by atoms with Gasteiger partial charge < -0.3 is 10.2 Å². The lowest BCUT2D eigenvalue weighted by atomic mass is 10.1. The number of oxime groups is 1. The fraction of sp³-hybridized carbons (Fsp3) is 0.143. The van der Waals surface area contributed by atoms with E-state index < -0.39 is 0 Å². The van der Waals surface area contributed by atoms with E-state index in [1.54, 1.807) is 18.2 Å². The molecule has 4 nitrogen and oxygen atoms in total. The maximum absolute atomic E-state index is 11.9. The molecule has 0 unspecified atom stereocenters. The monoisotopic (exact) mass is 308 g/mol. The zero-order valence-electron chi connectivity index (χ0n) is 10.8. The van der Waals surface area contributed by atoms with E-state index in [0.717, 1.165) is 5.56 Å². The molecule has 6 heteroatoms. The second-order valence-corrected chi connectivity index (χ2v) is 5.27. The first-order valence-corrected chi connectivity index (χ1v) is 7.14. The Balaban J connectivity index is 2.05. The molecular weight excluding hydrogens is 296 g/mol. The lowest BCUT2D eigenvalue weighted by Crippen LogP contribution is -2.29. The highest BCUT2D eigenvalue weighted by molar-refractivity contribution is 7.12. The highest BCUT2D eigenvalue weighted by atomic mass is 35.5. The first kappa shape index (κ1) is 14.6. The summed E-state index contributed by atoms with van der Waals surface area (Å²) in [4.78, 5) is 17.4. The van der Waals surface area contributed by atoms with Crippen LogP contribution in [0.25, 0.3) is 0 Å². The van der Waals surface area contributed by atoms with Gasteiger partial charge in [-0.25, -0.2) is 0 Å². The third kappa shape index (κ3) is 3.82. The van der Waals surface area contributed by atoms with Crippen LogP contribution >= 0.6 is 22.9 Å². The van der Waals surface area contributed by atoms with Gasteiger partial charge in [0.1, 0.15) is 12.8 Å². The Kier molecular flexibility index (Phi) is 5.15. The van der Waals surface area contributed by atoms with Gasteiger partial charge in [-0.3, -0.25) is 4.79 Å². The van der Waals surface area contributed by atoms with Crippen molar-refractivity contribution in [3.63, 3.8) is 0 Å². The van der Waals surface area contributed by atoms with E-state index >= 15 is 0 Å². The maximum atomic E-state index is 11.9. The van der Waals surface area contributed by atoms with E-state index in [4.69, 9.17) is 16.4 Å². The van der Waals surface area contributed by atoms with Crippen molar-refractivity contribution in [3.8, 4) is 0 Å². The molecule has 0 fully saturated rings. The highest BCUT2D eigenvalue weighted by Crippen LogP contribution is 2.11. The fourth-order valence-electron chi connectivity index (χ4n) is 1.60.